The van der Waals surface area contributed by atoms with E-state index >= 15 is 0 Å². The topological polar surface area (TPSA) is 46.3 Å². The van der Waals surface area contributed by atoms with Crippen molar-refractivity contribution in [3.05, 3.63) is 63.1 Å². The van der Waals surface area contributed by atoms with Crippen molar-refractivity contribution in [2.45, 2.75) is 6.54 Å². The molecule has 0 heterocycles. The molecule has 0 fully saturated rings. The number of benzene rings is 2. The molecule has 2 N–H and O–H groups in total. The van der Waals surface area contributed by atoms with Crippen molar-refractivity contribution in [3.63, 3.8) is 0 Å². The number of nitrogens with two attached hydrogens (primary N) is 1. The van der Waals surface area contributed by atoms with Crippen molar-refractivity contribution in [1.82, 2.24) is 4.90 Å². The summed E-state index contributed by atoms with van der Waals surface area (Å²) >= 11 is 9.32. The van der Waals surface area contributed by atoms with Gasteiger partial charge in [-0.15, -0.1) is 0 Å². The molecule has 0 aromatic heterocycles. The van der Waals surface area contributed by atoms with Gasteiger partial charge in [-0.1, -0.05) is 45.7 Å². The Morgan fingerprint density at radius 2 is 1.90 bits per heavy atom. The quantitative estimate of drug-likeness (QED) is 0.849. The largest absolute Gasteiger partial charge is 0.397 e. The zero-order valence-corrected chi connectivity index (χ0v) is 13.3. The lowest BCUT2D eigenvalue weighted by atomic mass is 10.1. The molecule has 0 radical (unpaired) electrons. The minimum atomic E-state index is -0.145. The van der Waals surface area contributed by atoms with Crippen molar-refractivity contribution in [3.8, 4) is 0 Å². The zero-order valence-electron chi connectivity index (χ0n) is 10.9. The van der Waals surface area contributed by atoms with Crippen LogP contribution in [0.1, 0.15) is 15.9 Å². The predicted octanol–water partition coefficient (Wildman–Crippen LogP) is 3.96. The van der Waals surface area contributed by atoms with Crippen LogP contribution in [-0.4, -0.2) is 17.9 Å². The van der Waals surface area contributed by atoms with Gasteiger partial charge in [0.2, 0.25) is 0 Å². The van der Waals surface area contributed by atoms with E-state index in [1.54, 1.807) is 30.1 Å². The number of amides is 1. The summed E-state index contributed by atoms with van der Waals surface area (Å²) in [7, 11) is 1.74. The maximum absolute atomic E-state index is 12.4. The maximum atomic E-state index is 12.4. The number of hydrogen-bond donors (Lipinski definition) is 1. The minimum absolute atomic E-state index is 0.145. The number of anilines is 1. The normalized spacial score (nSPS) is 10.3. The highest BCUT2D eigenvalue weighted by molar-refractivity contribution is 9.10. The summed E-state index contributed by atoms with van der Waals surface area (Å²) in [6.45, 7) is 0.512. The van der Waals surface area contributed by atoms with Crippen LogP contribution >= 0.6 is 27.5 Å². The maximum Gasteiger partial charge on any atom is 0.256 e. The summed E-state index contributed by atoms with van der Waals surface area (Å²) in [5, 5.41) is 0.396. The Hall–Kier alpha value is -1.52. The number of carbonyl (C=O) groups is 1. The Bertz CT molecular complexity index is 628. The fraction of sp³-hybridized carbons (Fsp3) is 0.133. The third-order valence-electron chi connectivity index (χ3n) is 2.96. The molecular weight excluding hydrogens is 340 g/mol. The number of hydrogen-bond acceptors (Lipinski definition) is 2. The summed E-state index contributed by atoms with van der Waals surface area (Å²) in [5.41, 5.74) is 7.64. The van der Waals surface area contributed by atoms with Gasteiger partial charge in [0.25, 0.3) is 5.91 Å². The first-order valence-corrected chi connectivity index (χ1v) is 7.20. The Balaban J connectivity index is 2.16. The van der Waals surface area contributed by atoms with Crippen molar-refractivity contribution in [2.75, 3.05) is 12.8 Å². The highest BCUT2D eigenvalue weighted by Gasteiger charge is 2.16. The molecule has 0 saturated carbocycles. The third kappa shape index (κ3) is 3.32. The lowest BCUT2D eigenvalue weighted by Gasteiger charge is -2.18. The SMILES string of the molecule is CN(Cc1ccc(Br)cc1)C(=O)c1cccc(Cl)c1N. The van der Waals surface area contributed by atoms with E-state index in [0.717, 1.165) is 10.0 Å². The molecule has 0 aliphatic rings. The molecule has 104 valence electrons. The highest BCUT2D eigenvalue weighted by atomic mass is 79.9. The summed E-state index contributed by atoms with van der Waals surface area (Å²) < 4.78 is 1.01. The Kier molecular flexibility index (Phi) is 4.68. The van der Waals surface area contributed by atoms with E-state index in [-0.39, 0.29) is 5.91 Å². The number of halogens is 2. The van der Waals surface area contributed by atoms with Crippen LogP contribution in [0.4, 0.5) is 5.69 Å². The molecular formula is C15H14BrClN2O. The summed E-state index contributed by atoms with van der Waals surface area (Å²) in [6, 6.07) is 12.9. The second-order valence-corrected chi connectivity index (χ2v) is 5.81. The van der Waals surface area contributed by atoms with Crippen LogP contribution in [0.25, 0.3) is 0 Å². The number of rotatable bonds is 3. The van der Waals surface area contributed by atoms with E-state index in [1.165, 1.54) is 0 Å². The smallest absolute Gasteiger partial charge is 0.256 e. The molecule has 0 atom stereocenters. The van der Waals surface area contributed by atoms with Crippen molar-refractivity contribution >= 4 is 39.1 Å². The fourth-order valence-corrected chi connectivity index (χ4v) is 2.30. The van der Waals surface area contributed by atoms with Crippen LogP contribution in [0.5, 0.6) is 0 Å². The number of nitrogen functional groups attached to an aromatic ring is 1. The molecule has 0 unspecified atom stereocenters. The summed E-state index contributed by atoms with van der Waals surface area (Å²) in [6.07, 6.45) is 0. The van der Waals surface area contributed by atoms with Gasteiger partial charge < -0.3 is 10.6 Å². The molecule has 0 aliphatic heterocycles. The van der Waals surface area contributed by atoms with Crippen LogP contribution in [0.15, 0.2) is 46.9 Å². The van der Waals surface area contributed by atoms with Gasteiger partial charge >= 0.3 is 0 Å². The van der Waals surface area contributed by atoms with Crippen molar-refractivity contribution in [1.29, 1.82) is 0 Å². The van der Waals surface area contributed by atoms with E-state index in [1.807, 2.05) is 24.3 Å². The molecule has 2 aromatic rings. The van der Waals surface area contributed by atoms with Crippen LogP contribution in [0.3, 0.4) is 0 Å². The van der Waals surface area contributed by atoms with Gasteiger partial charge in [0.05, 0.1) is 16.3 Å². The van der Waals surface area contributed by atoms with E-state index in [0.29, 0.717) is 22.8 Å². The molecule has 2 aromatic carbocycles. The molecule has 0 spiro atoms. The average molecular weight is 354 g/mol. The third-order valence-corrected chi connectivity index (χ3v) is 3.82. The van der Waals surface area contributed by atoms with Gasteiger partial charge in [-0.05, 0) is 29.8 Å². The minimum Gasteiger partial charge on any atom is -0.397 e. The zero-order chi connectivity index (χ0) is 14.7. The lowest BCUT2D eigenvalue weighted by Crippen LogP contribution is -2.27. The second kappa shape index (κ2) is 6.29. The lowest BCUT2D eigenvalue weighted by molar-refractivity contribution is 0.0786. The first kappa shape index (κ1) is 14.9. The van der Waals surface area contributed by atoms with E-state index < -0.39 is 0 Å². The molecule has 0 aliphatic carbocycles. The highest BCUT2D eigenvalue weighted by Crippen LogP contribution is 2.23. The monoisotopic (exact) mass is 352 g/mol. The molecule has 2 rings (SSSR count). The van der Waals surface area contributed by atoms with Gasteiger partial charge in [0, 0.05) is 18.1 Å². The van der Waals surface area contributed by atoms with Crippen molar-refractivity contribution < 1.29 is 4.79 Å². The van der Waals surface area contributed by atoms with Crippen LogP contribution < -0.4 is 5.73 Å². The molecule has 0 saturated heterocycles. The van der Waals surface area contributed by atoms with Gasteiger partial charge in [0.1, 0.15) is 0 Å². The van der Waals surface area contributed by atoms with Gasteiger partial charge in [-0.3, -0.25) is 4.79 Å². The van der Waals surface area contributed by atoms with Crippen LogP contribution in [0, 0.1) is 0 Å². The summed E-state index contributed by atoms with van der Waals surface area (Å²) in [4.78, 5) is 14.0. The summed E-state index contributed by atoms with van der Waals surface area (Å²) in [5.74, 6) is -0.145. The van der Waals surface area contributed by atoms with E-state index in [9.17, 15) is 4.79 Å². The number of nitrogens with zero attached hydrogens (tertiary/aromatic N) is 1. The van der Waals surface area contributed by atoms with Gasteiger partial charge in [-0.25, -0.2) is 0 Å². The molecule has 3 nitrogen and oxygen atoms in total. The van der Waals surface area contributed by atoms with Crippen LogP contribution in [0.2, 0.25) is 5.02 Å². The van der Waals surface area contributed by atoms with Crippen LogP contribution in [-0.2, 0) is 6.54 Å². The standard InChI is InChI=1S/C15H14BrClN2O/c1-19(9-10-5-7-11(16)8-6-10)15(20)12-3-2-4-13(17)14(12)18/h2-8H,9,18H2,1H3. The number of carbonyl (C=O) groups excluding carboxylic acids is 1. The average Bonchev–Trinajstić information content (AvgIpc) is 2.43. The fourth-order valence-electron chi connectivity index (χ4n) is 1.86. The van der Waals surface area contributed by atoms with Crippen molar-refractivity contribution in [2.24, 2.45) is 0 Å². The molecule has 5 heteroatoms. The second-order valence-electron chi connectivity index (χ2n) is 4.49. The van der Waals surface area contributed by atoms with E-state index in [2.05, 4.69) is 15.9 Å². The Labute approximate surface area is 131 Å². The Morgan fingerprint density at radius 3 is 2.55 bits per heavy atom. The van der Waals surface area contributed by atoms with E-state index in [4.69, 9.17) is 17.3 Å². The molecule has 20 heavy (non-hydrogen) atoms. The van der Waals surface area contributed by atoms with Gasteiger partial charge in [0.15, 0.2) is 0 Å². The number of para-hydroxylation sites is 1. The predicted molar refractivity (Wildman–Crippen MR) is 85.8 cm³/mol. The molecule has 0 bridgehead atoms. The first-order chi connectivity index (χ1) is 9.49. The Morgan fingerprint density at radius 1 is 1.25 bits per heavy atom. The van der Waals surface area contributed by atoms with Gasteiger partial charge in [-0.2, -0.15) is 0 Å². The molecule has 1 amide bonds. The first-order valence-electron chi connectivity index (χ1n) is 6.03.